The molecule has 3 heterocycles. The van der Waals surface area contributed by atoms with Crippen LogP contribution in [0.5, 0.6) is 0 Å². The molecule has 7 heteroatoms. The molecule has 2 N–H and O–H groups in total. The van der Waals surface area contributed by atoms with Crippen molar-refractivity contribution in [2.45, 2.75) is 20.3 Å². The summed E-state index contributed by atoms with van der Waals surface area (Å²) < 4.78 is 2.49. The lowest BCUT2D eigenvalue weighted by molar-refractivity contribution is 0.627. The quantitative estimate of drug-likeness (QED) is 0.719. The van der Waals surface area contributed by atoms with Crippen LogP contribution in [0.3, 0.4) is 0 Å². The Morgan fingerprint density at radius 1 is 1.32 bits per heavy atom. The minimum Gasteiger partial charge on any atom is -0.340 e. The second-order valence-electron chi connectivity index (χ2n) is 4.85. The molecule has 6 nitrogen and oxygen atoms in total. The molecule has 0 saturated carbocycles. The minimum atomic E-state index is 0.569. The normalized spacial score (nSPS) is 11.5. The number of rotatable bonds is 3. The molecule has 0 atom stereocenters. The molecule has 3 rings (SSSR count). The Kier molecular flexibility index (Phi) is 2.90. The van der Waals surface area contributed by atoms with Crippen LogP contribution >= 0.6 is 12.2 Å². The Morgan fingerprint density at radius 3 is 2.95 bits per heavy atom. The summed E-state index contributed by atoms with van der Waals surface area (Å²) in [5.74, 6) is 1.27. The molecule has 0 fully saturated rings. The van der Waals surface area contributed by atoms with Crippen LogP contribution in [0.15, 0.2) is 18.7 Å². The van der Waals surface area contributed by atoms with Gasteiger partial charge in [0.2, 0.25) is 0 Å². The molecule has 3 aromatic heterocycles. The molecule has 19 heavy (non-hydrogen) atoms. The van der Waals surface area contributed by atoms with Gasteiger partial charge in [0.1, 0.15) is 16.5 Å². The number of nitrogens with one attached hydrogen (secondary N) is 2. The first-order chi connectivity index (χ1) is 9.15. The fraction of sp³-hybridized carbons (Fsp3) is 0.333. The molecule has 0 aliphatic rings. The zero-order chi connectivity index (χ0) is 13.4. The standard InChI is InChI=1S/C12H14N6S/c1-7(2)3-8-4-9(19)18(17-8)12-10-11(14-5-13-10)15-6-16-12/h4-7,17H,3H2,1-2H3,(H,13,14,15,16). The maximum absolute atomic E-state index is 5.38. The maximum atomic E-state index is 5.38. The molecule has 0 aliphatic heterocycles. The zero-order valence-corrected chi connectivity index (χ0v) is 11.5. The average molecular weight is 274 g/mol. The number of imidazole rings is 1. The molecule has 0 spiro atoms. The SMILES string of the molecule is CC(C)Cc1cc(=S)n(-c2ncnc3nc[nH]c23)[nH]1. The van der Waals surface area contributed by atoms with Crippen LogP contribution in [-0.2, 0) is 6.42 Å². The monoisotopic (exact) mass is 274 g/mol. The third kappa shape index (κ3) is 2.17. The first-order valence-electron chi connectivity index (χ1n) is 6.10. The highest BCUT2D eigenvalue weighted by Gasteiger charge is 2.10. The lowest BCUT2D eigenvalue weighted by atomic mass is 10.1. The van der Waals surface area contributed by atoms with Crippen molar-refractivity contribution >= 4 is 23.4 Å². The van der Waals surface area contributed by atoms with Crippen molar-refractivity contribution in [2.24, 2.45) is 5.92 Å². The second kappa shape index (κ2) is 4.58. The van der Waals surface area contributed by atoms with Crippen LogP contribution in [0.25, 0.3) is 17.0 Å². The van der Waals surface area contributed by atoms with E-state index < -0.39 is 0 Å². The first-order valence-corrected chi connectivity index (χ1v) is 6.51. The molecular formula is C12H14N6S. The molecular weight excluding hydrogens is 260 g/mol. The Balaban J connectivity index is 2.14. The molecule has 0 radical (unpaired) electrons. The third-order valence-electron chi connectivity index (χ3n) is 2.82. The summed E-state index contributed by atoms with van der Waals surface area (Å²) in [6.07, 6.45) is 4.04. The molecule has 0 aliphatic carbocycles. The fourth-order valence-corrected chi connectivity index (χ4v) is 2.34. The Labute approximate surface area is 114 Å². The summed E-state index contributed by atoms with van der Waals surface area (Å²) in [4.78, 5) is 15.5. The third-order valence-corrected chi connectivity index (χ3v) is 3.12. The van der Waals surface area contributed by atoms with Crippen LogP contribution in [0.1, 0.15) is 19.5 Å². The lowest BCUT2D eigenvalue weighted by Gasteiger charge is -2.04. The van der Waals surface area contributed by atoms with E-state index in [1.54, 1.807) is 11.0 Å². The number of aromatic amines is 2. The second-order valence-corrected chi connectivity index (χ2v) is 5.27. The van der Waals surface area contributed by atoms with Crippen LogP contribution in [0.4, 0.5) is 0 Å². The van der Waals surface area contributed by atoms with Gasteiger partial charge in [-0.15, -0.1) is 0 Å². The number of hydrogen-bond acceptors (Lipinski definition) is 4. The van der Waals surface area contributed by atoms with Gasteiger partial charge in [-0.05, 0) is 18.4 Å². The zero-order valence-electron chi connectivity index (χ0n) is 10.7. The molecule has 0 bridgehead atoms. The van der Waals surface area contributed by atoms with E-state index in [9.17, 15) is 0 Å². The van der Waals surface area contributed by atoms with Gasteiger partial charge in [-0.2, -0.15) is 0 Å². The number of hydrogen-bond donors (Lipinski definition) is 2. The highest BCUT2D eigenvalue weighted by molar-refractivity contribution is 7.71. The number of fused-ring (bicyclic) bond motifs is 1. The van der Waals surface area contributed by atoms with Gasteiger partial charge in [-0.25, -0.2) is 19.6 Å². The van der Waals surface area contributed by atoms with Crippen molar-refractivity contribution in [1.29, 1.82) is 0 Å². The Hall–Kier alpha value is -2.02. The van der Waals surface area contributed by atoms with Crippen LogP contribution in [-0.4, -0.2) is 29.7 Å². The Morgan fingerprint density at radius 2 is 2.16 bits per heavy atom. The van der Waals surface area contributed by atoms with Gasteiger partial charge < -0.3 is 4.98 Å². The van der Waals surface area contributed by atoms with Crippen molar-refractivity contribution in [3.63, 3.8) is 0 Å². The van der Waals surface area contributed by atoms with E-state index in [2.05, 4.69) is 38.9 Å². The molecule has 0 unspecified atom stereocenters. The predicted octanol–water partition coefficient (Wildman–Crippen LogP) is 2.40. The van der Waals surface area contributed by atoms with Crippen molar-refractivity contribution in [3.8, 4) is 5.82 Å². The molecule has 0 aromatic carbocycles. The largest absolute Gasteiger partial charge is 0.340 e. The summed E-state index contributed by atoms with van der Waals surface area (Å²) in [6.45, 7) is 4.35. The van der Waals surface area contributed by atoms with E-state index in [1.807, 2.05) is 6.07 Å². The van der Waals surface area contributed by atoms with E-state index in [4.69, 9.17) is 12.2 Å². The highest BCUT2D eigenvalue weighted by atomic mass is 32.1. The number of nitrogens with zero attached hydrogens (tertiary/aromatic N) is 4. The maximum Gasteiger partial charge on any atom is 0.182 e. The lowest BCUT2D eigenvalue weighted by Crippen LogP contribution is -2.03. The predicted molar refractivity (Wildman–Crippen MR) is 74.7 cm³/mol. The molecule has 0 amide bonds. The van der Waals surface area contributed by atoms with Crippen LogP contribution in [0, 0.1) is 10.6 Å². The summed E-state index contributed by atoms with van der Waals surface area (Å²) in [5, 5.41) is 3.29. The van der Waals surface area contributed by atoms with Gasteiger partial charge in [-0.1, -0.05) is 26.1 Å². The minimum absolute atomic E-state index is 0.569. The van der Waals surface area contributed by atoms with E-state index in [-0.39, 0.29) is 0 Å². The van der Waals surface area contributed by atoms with E-state index in [0.717, 1.165) is 17.6 Å². The topological polar surface area (TPSA) is 75.2 Å². The van der Waals surface area contributed by atoms with Crippen molar-refractivity contribution < 1.29 is 0 Å². The molecule has 98 valence electrons. The van der Waals surface area contributed by atoms with E-state index in [1.165, 1.54) is 6.33 Å². The van der Waals surface area contributed by atoms with Gasteiger partial charge in [0, 0.05) is 5.69 Å². The van der Waals surface area contributed by atoms with E-state index in [0.29, 0.717) is 22.0 Å². The van der Waals surface area contributed by atoms with Crippen molar-refractivity contribution in [1.82, 2.24) is 29.7 Å². The molecule has 3 aromatic rings. The first kappa shape index (κ1) is 12.0. The average Bonchev–Trinajstić information content (AvgIpc) is 2.94. The van der Waals surface area contributed by atoms with Gasteiger partial charge >= 0.3 is 0 Å². The fourth-order valence-electron chi connectivity index (χ4n) is 2.07. The highest BCUT2D eigenvalue weighted by Crippen LogP contribution is 2.16. The summed E-state index contributed by atoms with van der Waals surface area (Å²) in [5.41, 5.74) is 2.51. The van der Waals surface area contributed by atoms with Gasteiger partial charge in [0.15, 0.2) is 11.5 Å². The summed E-state index contributed by atoms with van der Waals surface area (Å²) in [6, 6.07) is 1.97. The molecule has 0 saturated heterocycles. The number of H-pyrrole nitrogens is 2. The van der Waals surface area contributed by atoms with Crippen molar-refractivity contribution in [3.05, 3.63) is 29.1 Å². The summed E-state index contributed by atoms with van der Waals surface area (Å²) >= 11 is 5.38. The van der Waals surface area contributed by atoms with Crippen LogP contribution < -0.4 is 0 Å². The van der Waals surface area contributed by atoms with Gasteiger partial charge in [0.05, 0.1) is 6.33 Å². The van der Waals surface area contributed by atoms with E-state index >= 15 is 0 Å². The van der Waals surface area contributed by atoms with Gasteiger partial charge in [-0.3, -0.25) is 5.10 Å². The number of aromatic nitrogens is 6. The van der Waals surface area contributed by atoms with Crippen molar-refractivity contribution in [2.75, 3.05) is 0 Å². The van der Waals surface area contributed by atoms with Gasteiger partial charge in [0.25, 0.3) is 0 Å². The van der Waals surface area contributed by atoms with Crippen LogP contribution in [0.2, 0.25) is 0 Å². The Bertz CT molecular complexity index is 766. The smallest absolute Gasteiger partial charge is 0.182 e. The summed E-state index contributed by atoms with van der Waals surface area (Å²) in [7, 11) is 0.